The minimum absolute atomic E-state index is 0.293. The first-order chi connectivity index (χ1) is 12.2. The van der Waals surface area contributed by atoms with Crippen LogP contribution >= 0.6 is 0 Å². The third kappa shape index (κ3) is 4.59. The zero-order chi connectivity index (χ0) is 17.6. The number of carbonyl (C=O) groups excluding carboxylic acids is 1. The molecule has 5 heteroatoms. The largest absolute Gasteiger partial charge is 0.486 e. The number of nitrogens with one attached hydrogen (secondary N) is 1. The van der Waals surface area contributed by atoms with Gasteiger partial charge in [0.05, 0.1) is 0 Å². The van der Waals surface area contributed by atoms with Gasteiger partial charge in [0.25, 0.3) is 0 Å². The first-order valence-electron chi connectivity index (χ1n) is 9.63. The summed E-state index contributed by atoms with van der Waals surface area (Å²) < 4.78 is 11.2. The molecule has 1 aromatic carbocycles. The molecule has 5 nitrogen and oxygen atoms in total. The molecule has 2 aliphatic heterocycles. The van der Waals surface area contributed by atoms with Gasteiger partial charge in [-0.1, -0.05) is 26.7 Å². The van der Waals surface area contributed by atoms with Gasteiger partial charge < -0.3 is 19.7 Å². The molecule has 0 aliphatic carbocycles. The predicted octanol–water partition coefficient (Wildman–Crippen LogP) is 3.69. The molecule has 0 saturated carbocycles. The molecular formula is C20H30N2O3. The van der Waals surface area contributed by atoms with Gasteiger partial charge in [0.1, 0.15) is 13.2 Å². The Morgan fingerprint density at radius 2 is 2.00 bits per heavy atom. The molecule has 0 bridgehead atoms. The fraction of sp³-hybridized carbons (Fsp3) is 0.650. The summed E-state index contributed by atoms with van der Waals surface area (Å²) in [6.45, 7) is 7.22. The van der Waals surface area contributed by atoms with E-state index in [9.17, 15) is 4.79 Å². The van der Waals surface area contributed by atoms with Crippen LogP contribution in [-0.4, -0.2) is 43.2 Å². The second-order valence-corrected chi connectivity index (χ2v) is 7.07. The third-order valence-electron chi connectivity index (χ3n) is 5.31. The molecule has 0 spiro atoms. The van der Waals surface area contributed by atoms with Crippen LogP contribution in [0.1, 0.15) is 46.0 Å². The Kier molecular flexibility index (Phi) is 6.05. The highest BCUT2D eigenvalue weighted by Gasteiger charge is 2.25. The van der Waals surface area contributed by atoms with Crippen molar-refractivity contribution in [2.24, 2.45) is 5.92 Å². The lowest BCUT2D eigenvalue weighted by Gasteiger charge is -2.34. The number of ether oxygens (including phenoxy) is 2. The monoisotopic (exact) mass is 346 g/mol. The number of rotatable bonds is 6. The Morgan fingerprint density at radius 3 is 2.76 bits per heavy atom. The summed E-state index contributed by atoms with van der Waals surface area (Å²) in [5.41, 5.74) is 1.03. The molecule has 1 fully saturated rings. The van der Waals surface area contributed by atoms with Crippen molar-refractivity contribution in [2.75, 3.05) is 31.6 Å². The van der Waals surface area contributed by atoms with Gasteiger partial charge in [-0.15, -0.1) is 0 Å². The topological polar surface area (TPSA) is 50.8 Å². The number of anilines is 1. The molecule has 1 saturated heterocycles. The van der Waals surface area contributed by atoms with E-state index in [0.717, 1.165) is 56.0 Å². The van der Waals surface area contributed by atoms with E-state index < -0.39 is 0 Å². The molecule has 2 aliphatic rings. The molecular weight excluding hydrogens is 316 g/mol. The SMILES string of the molecule is CCC(CC)CC(=O)N1CCCC(Nc2ccc3c(c2)OCCO3)C1. The minimum atomic E-state index is 0.293. The quantitative estimate of drug-likeness (QED) is 0.853. The maximum absolute atomic E-state index is 12.6. The van der Waals surface area contributed by atoms with Gasteiger partial charge in [0.15, 0.2) is 11.5 Å². The first-order valence-corrected chi connectivity index (χ1v) is 9.63. The van der Waals surface area contributed by atoms with Crippen LogP contribution in [-0.2, 0) is 4.79 Å². The molecule has 1 unspecified atom stereocenters. The van der Waals surface area contributed by atoms with E-state index in [4.69, 9.17) is 9.47 Å². The third-order valence-corrected chi connectivity index (χ3v) is 5.31. The minimum Gasteiger partial charge on any atom is -0.486 e. The van der Waals surface area contributed by atoms with Crippen molar-refractivity contribution in [1.82, 2.24) is 4.90 Å². The second kappa shape index (κ2) is 8.45. The first kappa shape index (κ1) is 17.9. The van der Waals surface area contributed by atoms with Crippen LogP contribution in [0.4, 0.5) is 5.69 Å². The maximum atomic E-state index is 12.6. The van der Waals surface area contributed by atoms with Crippen molar-refractivity contribution in [1.29, 1.82) is 0 Å². The van der Waals surface area contributed by atoms with Crippen LogP contribution in [0.2, 0.25) is 0 Å². The van der Waals surface area contributed by atoms with E-state index >= 15 is 0 Å². The van der Waals surface area contributed by atoms with E-state index in [1.54, 1.807) is 0 Å². The Balaban J connectivity index is 1.57. The van der Waals surface area contributed by atoms with Crippen LogP contribution in [0.15, 0.2) is 18.2 Å². The van der Waals surface area contributed by atoms with Crippen LogP contribution in [0.5, 0.6) is 11.5 Å². The normalized spacial score (nSPS) is 19.8. The van der Waals surface area contributed by atoms with E-state index in [-0.39, 0.29) is 0 Å². The lowest BCUT2D eigenvalue weighted by atomic mass is 9.97. The summed E-state index contributed by atoms with van der Waals surface area (Å²) in [6, 6.07) is 6.27. The highest BCUT2D eigenvalue weighted by molar-refractivity contribution is 5.76. The molecule has 138 valence electrons. The number of benzene rings is 1. The number of hydrogen-bond acceptors (Lipinski definition) is 4. The van der Waals surface area contributed by atoms with Crippen LogP contribution in [0, 0.1) is 5.92 Å². The smallest absolute Gasteiger partial charge is 0.222 e. The van der Waals surface area contributed by atoms with E-state index in [0.29, 0.717) is 37.5 Å². The average Bonchev–Trinajstić information content (AvgIpc) is 2.66. The van der Waals surface area contributed by atoms with Crippen molar-refractivity contribution < 1.29 is 14.3 Å². The molecule has 2 heterocycles. The molecule has 1 N–H and O–H groups in total. The second-order valence-electron chi connectivity index (χ2n) is 7.07. The molecule has 0 aromatic heterocycles. The zero-order valence-corrected chi connectivity index (χ0v) is 15.4. The molecule has 0 radical (unpaired) electrons. The fourth-order valence-corrected chi connectivity index (χ4v) is 3.64. The highest BCUT2D eigenvalue weighted by Crippen LogP contribution is 2.33. The van der Waals surface area contributed by atoms with Gasteiger partial charge in [-0.25, -0.2) is 0 Å². The Hall–Kier alpha value is -1.91. The van der Waals surface area contributed by atoms with Crippen molar-refractivity contribution in [2.45, 2.75) is 52.0 Å². The van der Waals surface area contributed by atoms with Crippen LogP contribution in [0.3, 0.4) is 0 Å². The Labute approximate surface area is 150 Å². The van der Waals surface area contributed by atoms with E-state index in [2.05, 4.69) is 19.2 Å². The van der Waals surface area contributed by atoms with Gasteiger partial charge in [0.2, 0.25) is 5.91 Å². The maximum Gasteiger partial charge on any atom is 0.222 e. The zero-order valence-electron chi connectivity index (χ0n) is 15.4. The van der Waals surface area contributed by atoms with Crippen LogP contribution in [0.25, 0.3) is 0 Å². The van der Waals surface area contributed by atoms with Crippen molar-refractivity contribution in [3.8, 4) is 11.5 Å². The number of likely N-dealkylation sites (tertiary alicyclic amines) is 1. The lowest BCUT2D eigenvalue weighted by molar-refractivity contribution is -0.133. The van der Waals surface area contributed by atoms with Crippen molar-refractivity contribution >= 4 is 11.6 Å². The fourth-order valence-electron chi connectivity index (χ4n) is 3.64. The molecule has 1 amide bonds. The number of carbonyl (C=O) groups is 1. The number of hydrogen-bond donors (Lipinski definition) is 1. The molecule has 3 rings (SSSR count). The Bertz CT molecular complexity index is 586. The van der Waals surface area contributed by atoms with Crippen molar-refractivity contribution in [3.05, 3.63) is 18.2 Å². The highest BCUT2D eigenvalue weighted by atomic mass is 16.6. The summed E-state index contributed by atoms with van der Waals surface area (Å²) in [5.74, 6) is 2.43. The van der Waals surface area contributed by atoms with E-state index in [1.807, 2.05) is 23.1 Å². The molecule has 1 aromatic rings. The van der Waals surface area contributed by atoms with Crippen LogP contribution < -0.4 is 14.8 Å². The summed E-state index contributed by atoms with van der Waals surface area (Å²) in [5, 5.41) is 3.57. The van der Waals surface area contributed by atoms with Gasteiger partial charge in [-0.3, -0.25) is 4.79 Å². The summed E-state index contributed by atoms with van der Waals surface area (Å²) in [4.78, 5) is 14.6. The van der Waals surface area contributed by atoms with Gasteiger partial charge >= 0.3 is 0 Å². The summed E-state index contributed by atoms with van der Waals surface area (Å²) in [6.07, 6.45) is 4.98. The average molecular weight is 346 g/mol. The Morgan fingerprint density at radius 1 is 1.24 bits per heavy atom. The number of piperidine rings is 1. The van der Waals surface area contributed by atoms with Gasteiger partial charge in [0, 0.05) is 37.3 Å². The van der Waals surface area contributed by atoms with Gasteiger partial charge in [-0.2, -0.15) is 0 Å². The molecule has 25 heavy (non-hydrogen) atoms. The van der Waals surface area contributed by atoms with E-state index in [1.165, 1.54) is 0 Å². The van der Waals surface area contributed by atoms with Crippen molar-refractivity contribution in [3.63, 3.8) is 0 Å². The summed E-state index contributed by atoms with van der Waals surface area (Å²) >= 11 is 0. The standard InChI is InChI=1S/C20H30N2O3/c1-3-15(4-2)12-20(23)22-9-5-6-17(14-22)21-16-7-8-18-19(13-16)25-11-10-24-18/h7-8,13,15,17,21H,3-6,9-12,14H2,1-2H3. The number of fused-ring (bicyclic) bond motifs is 1. The number of amides is 1. The molecule has 1 atom stereocenters. The van der Waals surface area contributed by atoms with Gasteiger partial charge in [-0.05, 0) is 30.9 Å². The lowest BCUT2D eigenvalue weighted by Crippen LogP contribution is -2.45. The summed E-state index contributed by atoms with van der Waals surface area (Å²) in [7, 11) is 0. The predicted molar refractivity (Wildman–Crippen MR) is 99.3 cm³/mol. The number of nitrogens with zero attached hydrogens (tertiary/aromatic N) is 1.